The lowest BCUT2D eigenvalue weighted by Gasteiger charge is -2.24. The molecule has 0 aromatic rings. The molecule has 6 heteroatoms. The Morgan fingerprint density at radius 3 is 1.61 bits per heavy atom. The fourth-order valence-electron chi connectivity index (χ4n) is 6.72. The maximum absolute atomic E-state index is 13.1. The van der Waals surface area contributed by atoms with E-state index in [1.165, 1.54) is 77.0 Å². The molecule has 6 nitrogen and oxygen atoms in total. The van der Waals surface area contributed by atoms with Gasteiger partial charge in [0.1, 0.15) is 6.10 Å². The third-order valence-electron chi connectivity index (χ3n) is 10.2. The molecule has 314 valence electrons. The first-order valence-electron chi connectivity index (χ1n) is 22.9. The summed E-state index contributed by atoms with van der Waals surface area (Å²) in [7, 11) is 0. The standard InChI is InChI=1S/C48H87NO5/c1-4-7-10-13-16-19-22-24-26-29-32-35-38-41-48(53)54-44(39-36-33-30-27-21-18-15-12-9-6-3)42-47(52)49-45(43-50)46(51)40-37-34-31-28-25-23-20-17-14-11-8-5-2/h7,10,13,16,18-19,21-22,44-46,50-51H,4-6,8-9,11-12,14-15,17,20,23-43H2,1-3H3,(H,49,52)/b10-7+,16-13+,21-18-,22-19-. The number of carbonyl (C=O) groups excluding carboxylic acids is 2. The van der Waals surface area contributed by atoms with Crippen LogP contribution in [0.15, 0.2) is 48.6 Å². The zero-order valence-corrected chi connectivity index (χ0v) is 35.6. The topological polar surface area (TPSA) is 95.9 Å². The Labute approximate surface area is 334 Å². The largest absolute Gasteiger partial charge is 0.462 e. The molecule has 1 amide bonds. The summed E-state index contributed by atoms with van der Waals surface area (Å²) < 4.78 is 5.88. The number of ether oxygens (including phenoxy) is 1. The molecule has 0 radical (unpaired) electrons. The van der Waals surface area contributed by atoms with Gasteiger partial charge in [-0.25, -0.2) is 0 Å². The second kappa shape index (κ2) is 42.0. The summed E-state index contributed by atoms with van der Waals surface area (Å²) in [5, 5.41) is 23.6. The first kappa shape index (κ1) is 51.8. The Balaban J connectivity index is 4.60. The van der Waals surface area contributed by atoms with Crippen LogP contribution in [0.5, 0.6) is 0 Å². The molecule has 0 aromatic carbocycles. The molecule has 0 aromatic heterocycles. The summed E-state index contributed by atoms with van der Waals surface area (Å²) in [6, 6.07) is -0.708. The quantitative estimate of drug-likeness (QED) is 0.0250. The summed E-state index contributed by atoms with van der Waals surface area (Å²) in [6.45, 7) is 6.29. The van der Waals surface area contributed by atoms with Crippen molar-refractivity contribution >= 4 is 11.9 Å². The van der Waals surface area contributed by atoms with Gasteiger partial charge in [0.15, 0.2) is 0 Å². The Morgan fingerprint density at radius 1 is 0.556 bits per heavy atom. The van der Waals surface area contributed by atoms with Gasteiger partial charge < -0.3 is 20.3 Å². The van der Waals surface area contributed by atoms with Crippen molar-refractivity contribution in [2.24, 2.45) is 0 Å². The van der Waals surface area contributed by atoms with Crippen LogP contribution in [-0.4, -0.2) is 46.9 Å². The Hall–Kier alpha value is -2.18. The molecule has 0 heterocycles. The van der Waals surface area contributed by atoms with Gasteiger partial charge >= 0.3 is 5.97 Å². The molecule has 3 N–H and O–H groups in total. The molecule has 3 atom stereocenters. The molecule has 54 heavy (non-hydrogen) atoms. The number of nitrogens with one attached hydrogen (secondary N) is 1. The highest BCUT2D eigenvalue weighted by Gasteiger charge is 2.24. The summed E-state index contributed by atoms with van der Waals surface area (Å²) in [5.41, 5.74) is 0. The highest BCUT2D eigenvalue weighted by Crippen LogP contribution is 2.17. The van der Waals surface area contributed by atoms with Gasteiger partial charge in [-0.05, 0) is 70.6 Å². The number of rotatable bonds is 40. The first-order valence-corrected chi connectivity index (χ1v) is 22.9. The van der Waals surface area contributed by atoms with E-state index < -0.39 is 18.2 Å². The summed E-state index contributed by atoms with van der Waals surface area (Å²) in [5.74, 6) is -0.516. The zero-order valence-electron chi connectivity index (χ0n) is 35.6. The van der Waals surface area contributed by atoms with Gasteiger partial charge in [-0.15, -0.1) is 0 Å². The van der Waals surface area contributed by atoms with Gasteiger partial charge in [0, 0.05) is 6.42 Å². The van der Waals surface area contributed by atoms with E-state index in [0.717, 1.165) is 96.3 Å². The molecular formula is C48H87NO5. The SMILES string of the molecule is CC/C=C/C=C/C=C\CCCCCCCC(=O)OC(CCCCC/C=C\CCCCC)CC(=O)NC(CO)C(O)CCCCCCCCCCCCCC. The van der Waals surface area contributed by atoms with E-state index in [0.29, 0.717) is 19.3 Å². The normalized spacial score (nSPS) is 13.8. The fourth-order valence-corrected chi connectivity index (χ4v) is 6.72. The highest BCUT2D eigenvalue weighted by molar-refractivity contribution is 5.77. The number of hydrogen-bond acceptors (Lipinski definition) is 5. The van der Waals surface area contributed by atoms with Crippen LogP contribution in [0.4, 0.5) is 0 Å². The van der Waals surface area contributed by atoms with E-state index in [2.05, 4.69) is 74.7 Å². The van der Waals surface area contributed by atoms with Crippen molar-refractivity contribution in [2.45, 2.75) is 238 Å². The van der Waals surface area contributed by atoms with Gasteiger partial charge in [-0.2, -0.15) is 0 Å². The Bertz CT molecular complexity index is 941. The fraction of sp³-hybridized carbons (Fsp3) is 0.792. The molecule has 0 saturated carbocycles. The number of hydrogen-bond donors (Lipinski definition) is 3. The van der Waals surface area contributed by atoms with Crippen molar-refractivity contribution < 1.29 is 24.5 Å². The molecule has 0 aliphatic rings. The van der Waals surface area contributed by atoms with E-state index in [1.54, 1.807) is 0 Å². The van der Waals surface area contributed by atoms with Crippen LogP contribution in [0.25, 0.3) is 0 Å². The van der Waals surface area contributed by atoms with E-state index >= 15 is 0 Å². The van der Waals surface area contributed by atoms with Gasteiger partial charge in [-0.3, -0.25) is 9.59 Å². The van der Waals surface area contributed by atoms with Crippen molar-refractivity contribution in [3.8, 4) is 0 Å². The second-order valence-electron chi connectivity index (χ2n) is 15.5. The predicted octanol–water partition coefficient (Wildman–Crippen LogP) is 13.1. The molecule has 0 saturated heterocycles. The number of aliphatic hydroxyl groups excluding tert-OH is 2. The molecule has 0 fully saturated rings. The molecule has 3 unspecified atom stereocenters. The van der Waals surface area contributed by atoms with Crippen molar-refractivity contribution in [1.82, 2.24) is 5.32 Å². The van der Waals surface area contributed by atoms with Gasteiger partial charge in [0.25, 0.3) is 0 Å². The first-order chi connectivity index (χ1) is 26.5. The molecule has 0 bridgehead atoms. The Kier molecular flexibility index (Phi) is 40.3. The minimum Gasteiger partial charge on any atom is -0.462 e. The third kappa shape index (κ3) is 36.8. The maximum Gasteiger partial charge on any atom is 0.306 e. The molecule has 0 aliphatic carbocycles. The van der Waals surface area contributed by atoms with Gasteiger partial charge in [-0.1, -0.05) is 185 Å². The van der Waals surface area contributed by atoms with Crippen molar-refractivity contribution in [1.29, 1.82) is 0 Å². The van der Waals surface area contributed by atoms with Gasteiger partial charge in [0.05, 0.1) is 25.2 Å². The van der Waals surface area contributed by atoms with E-state index in [-0.39, 0.29) is 24.9 Å². The summed E-state index contributed by atoms with van der Waals surface area (Å²) >= 11 is 0. The summed E-state index contributed by atoms with van der Waals surface area (Å²) in [4.78, 5) is 25.9. The third-order valence-corrected chi connectivity index (χ3v) is 10.2. The highest BCUT2D eigenvalue weighted by atomic mass is 16.5. The van der Waals surface area contributed by atoms with E-state index in [4.69, 9.17) is 4.74 Å². The van der Waals surface area contributed by atoms with Crippen LogP contribution in [-0.2, 0) is 14.3 Å². The number of amides is 1. The molecular weight excluding hydrogens is 671 g/mol. The molecule has 0 aliphatic heterocycles. The van der Waals surface area contributed by atoms with Crippen LogP contribution < -0.4 is 5.32 Å². The smallest absolute Gasteiger partial charge is 0.306 e. The average Bonchev–Trinajstić information content (AvgIpc) is 3.16. The monoisotopic (exact) mass is 758 g/mol. The minimum absolute atomic E-state index is 0.0580. The minimum atomic E-state index is -0.793. The van der Waals surface area contributed by atoms with Crippen molar-refractivity contribution in [3.05, 3.63) is 48.6 Å². The van der Waals surface area contributed by atoms with Crippen LogP contribution in [0.2, 0.25) is 0 Å². The van der Waals surface area contributed by atoms with E-state index in [9.17, 15) is 19.8 Å². The molecule has 0 rings (SSSR count). The van der Waals surface area contributed by atoms with Crippen LogP contribution in [0, 0.1) is 0 Å². The maximum atomic E-state index is 13.1. The van der Waals surface area contributed by atoms with Crippen molar-refractivity contribution in [2.75, 3.05) is 6.61 Å². The van der Waals surface area contributed by atoms with Crippen LogP contribution in [0.3, 0.4) is 0 Å². The predicted molar refractivity (Wildman–Crippen MR) is 232 cm³/mol. The number of carbonyl (C=O) groups is 2. The number of aliphatic hydroxyl groups is 2. The second-order valence-corrected chi connectivity index (χ2v) is 15.5. The number of allylic oxidation sites excluding steroid dienone is 8. The lowest BCUT2D eigenvalue weighted by molar-refractivity contribution is -0.151. The Morgan fingerprint density at radius 2 is 1.02 bits per heavy atom. The van der Waals surface area contributed by atoms with E-state index in [1.807, 2.05) is 0 Å². The van der Waals surface area contributed by atoms with Gasteiger partial charge in [0.2, 0.25) is 5.91 Å². The number of unbranched alkanes of at least 4 members (excludes halogenated alkanes) is 22. The lowest BCUT2D eigenvalue weighted by atomic mass is 10.0. The lowest BCUT2D eigenvalue weighted by Crippen LogP contribution is -2.46. The van der Waals surface area contributed by atoms with Crippen LogP contribution in [0.1, 0.15) is 220 Å². The van der Waals surface area contributed by atoms with Crippen LogP contribution >= 0.6 is 0 Å². The number of esters is 1. The molecule has 0 spiro atoms. The van der Waals surface area contributed by atoms with Crippen molar-refractivity contribution in [3.63, 3.8) is 0 Å². The zero-order chi connectivity index (χ0) is 39.6. The summed E-state index contributed by atoms with van der Waals surface area (Å²) in [6.07, 6.45) is 48.8. The average molecular weight is 758 g/mol.